The van der Waals surface area contributed by atoms with Gasteiger partial charge in [-0.3, -0.25) is 0 Å². The van der Waals surface area contributed by atoms with Gasteiger partial charge in [0.05, 0.1) is 6.04 Å². The average molecular weight is 179 g/mol. The van der Waals surface area contributed by atoms with Crippen molar-refractivity contribution >= 4 is 0 Å². The summed E-state index contributed by atoms with van der Waals surface area (Å²) in [6, 6.07) is 1.14. The lowest BCUT2D eigenvalue weighted by Gasteiger charge is -2.13. The Morgan fingerprint density at radius 3 is 3.08 bits per heavy atom. The fourth-order valence-corrected chi connectivity index (χ4v) is 1.65. The van der Waals surface area contributed by atoms with Crippen LogP contribution < -0.4 is 5.32 Å². The number of nitrogens with one attached hydrogen (secondary N) is 1. The molecule has 3 nitrogen and oxygen atoms in total. The van der Waals surface area contributed by atoms with Crippen molar-refractivity contribution in [3.63, 3.8) is 0 Å². The molecule has 0 bridgehead atoms. The van der Waals surface area contributed by atoms with E-state index >= 15 is 0 Å². The van der Waals surface area contributed by atoms with Crippen LogP contribution >= 0.6 is 0 Å². The van der Waals surface area contributed by atoms with Gasteiger partial charge in [0.1, 0.15) is 5.82 Å². The summed E-state index contributed by atoms with van der Waals surface area (Å²) in [5.41, 5.74) is 0. The molecule has 1 heterocycles. The highest BCUT2D eigenvalue weighted by atomic mass is 15.1. The normalized spacial score (nSPS) is 18.9. The summed E-state index contributed by atoms with van der Waals surface area (Å²) in [7, 11) is 0. The number of imidazole rings is 1. The van der Waals surface area contributed by atoms with E-state index in [9.17, 15) is 0 Å². The maximum Gasteiger partial charge on any atom is 0.125 e. The zero-order valence-electron chi connectivity index (χ0n) is 8.33. The number of nitrogens with zero attached hydrogens (tertiary/aromatic N) is 2. The molecule has 1 atom stereocenters. The number of aromatic nitrogens is 2. The number of hydrogen-bond donors (Lipinski definition) is 1. The van der Waals surface area contributed by atoms with E-state index in [0.717, 1.165) is 18.4 Å². The first-order valence-corrected chi connectivity index (χ1v) is 5.08. The molecule has 3 heteroatoms. The molecule has 0 amide bonds. The van der Waals surface area contributed by atoms with Crippen LogP contribution in [-0.2, 0) is 6.54 Å². The van der Waals surface area contributed by atoms with Crippen LogP contribution in [0.15, 0.2) is 12.4 Å². The number of aryl methyl sites for hydroxylation is 1. The molecular weight excluding hydrogens is 162 g/mol. The van der Waals surface area contributed by atoms with Crippen LogP contribution in [0.2, 0.25) is 0 Å². The van der Waals surface area contributed by atoms with Crippen LogP contribution in [0.1, 0.15) is 38.6 Å². The molecule has 0 aromatic carbocycles. The van der Waals surface area contributed by atoms with Gasteiger partial charge in [0.15, 0.2) is 0 Å². The van der Waals surface area contributed by atoms with E-state index in [-0.39, 0.29) is 0 Å². The van der Waals surface area contributed by atoms with Crippen molar-refractivity contribution in [1.82, 2.24) is 14.9 Å². The Morgan fingerprint density at radius 1 is 1.69 bits per heavy atom. The Kier molecular flexibility index (Phi) is 2.36. The number of rotatable bonds is 4. The van der Waals surface area contributed by atoms with Gasteiger partial charge in [-0.25, -0.2) is 4.98 Å². The molecule has 1 aromatic rings. The minimum Gasteiger partial charge on any atom is -0.334 e. The second-order valence-corrected chi connectivity index (χ2v) is 3.73. The van der Waals surface area contributed by atoms with E-state index in [1.807, 2.05) is 12.4 Å². The second-order valence-electron chi connectivity index (χ2n) is 3.73. The summed E-state index contributed by atoms with van der Waals surface area (Å²) in [4.78, 5) is 4.37. The molecule has 1 saturated carbocycles. The van der Waals surface area contributed by atoms with Crippen LogP contribution in [0, 0.1) is 0 Å². The molecule has 1 fully saturated rings. The quantitative estimate of drug-likeness (QED) is 0.762. The van der Waals surface area contributed by atoms with Crippen molar-refractivity contribution in [3.05, 3.63) is 18.2 Å². The van der Waals surface area contributed by atoms with Crippen LogP contribution in [0.4, 0.5) is 0 Å². The zero-order valence-corrected chi connectivity index (χ0v) is 8.33. The van der Waals surface area contributed by atoms with Crippen molar-refractivity contribution in [2.45, 2.75) is 45.3 Å². The Bertz CT molecular complexity index is 275. The first kappa shape index (κ1) is 8.75. The summed E-state index contributed by atoms with van der Waals surface area (Å²) in [5, 5.41) is 3.55. The predicted octanol–water partition coefficient (Wildman–Crippen LogP) is 1.72. The van der Waals surface area contributed by atoms with Crippen molar-refractivity contribution < 1.29 is 0 Å². The molecular formula is C10H17N3. The third kappa shape index (κ3) is 1.91. The highest BCUT2D eigenvalue weighted by Gasteiger charge is 2.24. The van der Waals surface area contributed by atoms with Gasteiger partial charge in [-0.15, -0.1) is 0 Å². The minimum atomic E-state index is 0.391. The van der Waals surface area contributed by atoms with Crippen molar-refractivity contribution in [2.24, 2.45) is 0 Å². The van der Waals surface area contributed by atoms with Gasteiger partial charge < -0.3 is 9.88 Å². The summed E-state index contributed by atoms with van der Waals surface area (Å²) in [6.07, 6.45) is 6.58. The summed E-state index contributed by atoms with van der Waals surface area (Å²) >= 11 is 0. The van der Waals surface area contributed by atoms with Crippen molar-refractivity contribution in [2.75, 3.05) is 0 Å². The average Bonchev–Trinajstić information content (AvgIpc) is 2.82. The lowest BCUT2D eigenvalue weighted by molar-refractivity contribution is 0.515. The Balaban J connectivity index is 2.04. The van der Waals surface area contributed by atoms with Gasteiger partial charge in [0.2, 0.25) is 0 Å². The second kappa shape index (κ2) is 3.50. The highest BCUT2D eigenvalue weighted by Crippen LogP contribution is 2.23. The SMILES string of the molecule is CCn1ccnc1C(C)NC1CC1. The highest BCUT2D eigenvalue weighted by molar-refractivity contribution is 5.00. The number of hydrogen-bond acceptors (Lipinski definition) is 2. The largest absolute Gasteiger partial charge is 0.334 e. The molecule has 0 aliphatic heterocycles. The Labute approximate surface area is 79.2 Å². The van der Waals surface area contributed by atoms with E-state index < -0.39 is 0 Å². The predicted molar refractivity (Wildman–Crippen MR) is 52.5 cm³/mol. The van der Waals surface area contributed by atoms with Crippen LogP contribution in [0.3, 0.4) is 0 Å². The van der Waals surface area contributed by atoms with E-state index in [1.54, 1.807) is 0 Å². The fourth-order valence-electron chi connectivity index (χ4n) is 1.65. The maximum atomic E-state index is 4.37. The van der Waals surface area contributed by atoms with E-state index in [0.29, 0.717) is 6.04 Å². The van der Waals surface area contributed by atoms with Crippen molar-refractivity contribution in [3.8, 4) is 0 Å². The van der Waals surface area contributed by atoms with Gasteiger partial charge in [0, 0.05) is 25.0 Å². The van der Waals surface area contributed by atoms with Crippen molar-refractivity contribution in [1.29, 1.82) is 0 Å². The molecule has 0 saturated heterocycles. The molecule has 1 aliphatic rings. The Morgan fingerprint density at radius 2 is 2.46 bits per heavy atom. The van der Waals surface area contributed by atoms with Crippen LogP contribution in [-0.4, -0.2) is 15.6 Å². The van der Waals surface area contributed by atoms with Crippen LogP contribution in [0.5, 0.6) is 0 Å². The van der Waals surface area contributed by atoms with E-state index in [2.05, 4.69) is 28.7 Å². The molecule has 1 N–H and O–H groups in total. The maximum absolute atomic E-state index is 4.37. The first-order valence-electron chi connectivity index (χ1n) is 5.08. The molecule has 0 radical (unpaired) electrons. The van der Waals surface area contributed by atoms with Gasteiger partial charge in [0.25, 0.3) is 0 Å². The molecule has 0 spiro atoms. The third-order valence-corrected chi connectivity index (χ3v) is 2.54. The molecule has 1 aromatic heterocycles. The van der Waals surface area contributed by atoms with E-state index in [1.165, 1.54) is 12.8 Å². The first-order chi connectivity index (χ1) is 6.31. The summed E-state index contributed by atoms with van der Waals surface area (Å²) in [5.74, 6) is 1.16. The molecule has 72 valence electrons. The summed E-state index contributed by atoms with van der Waals surface area (Å²) in [6.45, 7) is 5.34. The standard InChI is InChI=1S/C10H17N3/c1-3-13-7-6-11-10(13)8(2)12-9-4-5-9/h6-9,12H,3-5H2,1-2H3. The third-order valence-electron chi connectivity index (χ3n) is 2.54. The Hall–Kier alpha value is -0.830. The molecule has 1 aliphatic carbocycles. The minimum absolute atomic E-state index is 0.391. The summed E-state index contributed by atoms with van der Waals surface area (Å²) < 4.78 is 2.19. The van der Waals surface area contributed by atoms with Gasteiger partial charge >= 0.3 is 0 Å². The lowest BCUT2D eigenvalue weighted by atomic mass is 10.3. The smallest absolute Gasteiger partial charge is 0.125 e. The van der Waals surface area contributed by atoms with Crippen LogP contribution in [0.25, 0.3) is 0 Å². The molecule has 13 heavy (non-hydrogen) atoms. The monoisotopic (exact) mass is 179 g/mol. The van der Waals surface area contributed by atoms with Gasteiger partial charge in [-0.05, 0) is 26.7 Å². The molecule has 2 rings (SSSR count). The van der Waals surface area contributed by atoms with Gasteiger partial charge in [-0.2, -0.15) is 0 Å². The topological polar surface area (TPSA) is 29.9 Å². The molecule has 1 unspecified atom stereocenters. The fraction of sp³-hybridized carbons (Fsp3) is 0.700. The zero-order chi connectivity index (χ0) is 9.26. The lowest BCUT2D eigenvalue weighted by Crippen LogP contribution is -2.23. The van der Waals surface area contributed by atoms with E-state index in [4.69, 9.17) is 0 Å². The van der Waals surface area contributed by atoms with Gasteiger partial charge in [-0.1, -0.05) is 0 Å².